The van der Waals surface area contributed by atoms with Gasteiger partial charge in [-0.3, -0.25) is 4.79 Å². The number of alkyl halides is 3. The molecule has 0 atom stereocenters. The minimum absolute atomic E-state index is 0.131. The summed E-state index contributed by atoms with van der Waals surface area (Å²) in [6.45, 7) is 0.413. The number of nitrogens with two attached hydrogens (primary N) is 1. The minimum Gasteiger partial charge on any atom is -0.384 e. The van der Waals surface area contributed by atoms with Crippen molar-refractivity contribution in [1.82, 2.24) is 9.88 Å². The van der Waals surface area contributed by atoms with Crippen LogP contribution in [0.5, 0.6) is 0 Å². The fraction of sp³-hybridized carbons (Fsp3) is 0.500. The first-order valence-corrected chi connectivity index (χ1v) is 5.88. The summed E-state index contributed by atoms with van der Waals surface area (Å²) in [6, 6.07) is 2.44. The normalized spacial score (nSPS) is 15.4. The van der Waals surface area contributed by atoms with E-state index in [0.29, 0.717) is 18.5 Å². The monoisotopic (exact) mass is 273 g/mol. The first kappa shape index (κ1) is 13.6. The molecule has 2 N–H and O–H groups in total. The molecule has 1 aliphatic rings. The predicted molar refractivity (Wildman–Crippen MR) is 63.5 cm³/mol. The molecule has 0 aliphatic heterocycles. The van der Waals surface area contributed by atoms with Gasteiger partial charge in [-0.15, -0.1) is 0 Å². The van der Waals surface area contributed by atoms with Gasteiger partial charge in [0.2, 0.25) is 0 Å². The third-order valence-corrected chi connectivity index (χ3v) is 2.82. The molecule has 0 unspecified atom stereocenters. The molecule has 0 saturated heterocycles. The van der Waals surface area contributed by atoms with Gasteiger partial charge in [0.25, 0.3) is 5.91 Å². The Balaban J connectivity index is 2.24. The summed E-state index contributed by atoms with van der Waals surface area (Å²) < 4.78 is 37.5. The molecule has 4 nitrogen and oxygen atoms in total. The van der Waals surface area contributed by atoms with Crippen LogP contribution in [0.3, 0.4) is 0 Å². The molecule has 0 radical (unpaired) electrons. The van der Waals surface area contributed by atoms with E-state index in [9.17, 15) is 18.0 Å². The van der Waals surface area contributed by atoms with Crippen LogP contribution < -0.4 is 5.73 Å². The van der Waals surface area contributed by atoms with Crippen molar-refractivity contribution in [2.75, 3.05) is 12.3 Å². The van der Waals surface area contributed by atoms with Gasteiger partial charge >= 0.3 is 6.18 Å². The van der Waals surface area contributed by atoms with Crippen molar-refractivity contribution in [3.8, 4) is 0 Å². The fourth-order valence-electron chi connectivity index (χ4n) is 1.93. The van der Waals surface area contributed by atoms with E-state index in [2.05, 4.69) is 4.98 Å². The number of carbonyl (C=O) groups excluding carboxylic acids is 1. The average molecular weight is 273 g/mol. The number of pyridine rings is 1. The van der Waals surface area contributed by atoms with Gasteiger partial charge in [-0.2, -0.15) is 13.2 Å². The Morgan fingerprint density at radius 1 is 1.47 bits per heavy atom. The molecule has 1 saturated carbocycles. The van der Waals surface area contributed by atoms with Crippen molar-refractivity contribution in [2.45, 2.75) is 32.0 Å². The molecule has 0 aromatic carbocycles. The van der Waals surface area contributed by atoms with Crippen molar-refractivity contribution in [3.63, 3.8) is 0 Å². The third-order valence-electron chi connectivity index (χ3n) is 2.82. The highest BCUT2D eigenvalue weighted by atomic mass is 19.4. The summed E-state index contributed by atoms with van der Waals surface area (Å²) in [4.78, 5) is 16.9. The van der Waals surface area contributed by atoms with Crippen LogP contribution in [0.1, 0.15) is 28.9 Å². The topological polar surface area (TPSA) is 59.2 Å². The Hall–Kier alpha value is -1.79. The van der Waals surface area contributed by atoms with Crippen LogP contribution in [0.25, 0.3) is 0 Å². The summed E-state index contributed by atoms with van der Waals surface area (Å²) in [5.41, 5.74) is 6.17. The van der Waals surface area contributed by atoms with E-state index >= 15 is 0 Å². The van der Waals surface area contributed by atoms with E-state index in [-0.39, 0.29) is 17.4 Å². The largest absolute Gasteiger partial charge is 0.406 e. The maximum Gasteiger partial charge on any atom is 0.406 e. The highest BCUT2D eigenvalue weighted by Gasteiger charge is 2.40. The third kappa shape index (κ3) is 3.59. The van der Waals surface area contributed by atoms with E-state index in [1.165, 1.54) is 12.1 Å². The van der Waals surface area contributed by atoms with Gasteiger partial charge < -0.3 is 10.6 Å². The van der Waals surface area contributed by atoms with Crippen molar-refractivity contribution < 1.29 is 18.0 Å². The second-order valence-electron chi connectivity index (χ2n) is 4.70. The number of hydrogen-bond acceptors (Lipinski definition) is 3. The van der Waals surface area contributed by atoms with Crippen molar-refractivity contribution >= 4 is 11.7 Å². The SMILES string of the molecule is Cc1cc(C(=O)N(CC(F)(F)F)C2CC2)cc(N)n1. The number of carbonyl (C=O) groups is 1. The Kier molecular flexibility index (Phi) is 3.38. The molecule has 1 amide bonds. The summed E-state index contributed by atoms with van der Waals surface area (Å²) in [5, 5.41) is 0. The average Bonchev–Trinajstić information content (AvgIpc) is 3.06. The number of amides is 1. The number of aryl methyl sites for hydroxylation is 1. The molecule has 19 heavy (non-hydrogen) atoms. The van der Waals surface area contributed by atoms with Gasteiger partial charge in [0.15, 0.2) is 0 Å². The molecule has 104 valence electrons. The lowest BCUT2D eigenvalue weighted by Crippen LogP contribution is -2.40. The van der Waals surface area contributed by atoms with Crippen LogP contribution in [-0.2, 0) is 0 Å². The lowest BCUT2D eigenvalue weighted by atomic mass is 10.2. The molecular weight excluding hydrogens is 259 g/mol. The van der Waals surface area contributed by atoms with Crippen LogP contribution in [0.4, 0.5) is 19.0 Å². The molecule has 0 bridgehead atoms. The number of halogens is 3. The zero-order chi connectivity index (χ0) is 14.2. The molecule has 1 aromatic heterocycles. The number of nitrogen functional groups attached to an aromatic ring is 1. The first-order valence-electron chi connectivity index (χ1n) is 5.88. The van der Waals surface area contributed by atoms with Gasteiger partial charge in [0.1, 0.15) is 12.4 Å². The number of anilines is 1. The standard InChI is InChI=1S/C12H14F3N3O/c1-7-4-8(5-10(16)17-7)11(19)18(9-2-3-9)6-12(13,14)15/h4-5,9H,2-3,6H2,1H3,(H2,16,17). The van der Waals surface area contributed by atoms with Gasteiger partial charge in [-0.25, -0.2) is 4.98 Å². The van der Waals surface area contributed by atoms with Gasteiger partial charge in [-0.05, 0) is 31.9 Å². The quantitative estimate of drug-likeness (QED) is 0.917. The second kappa shape index (κ2) is 4.71. The van der Waals surface area contributed by atoms with E-state index in [1.54, 1.807) is 6.92 Å². The smallest absolute Gasteiger partial charge is 0.384 e. The maximum absolute atomic E-state index is 12.5. The number of rotatable bonds is 3. The van der Waals surface area contributed by atoms with Crippen molar-refractivity contribution in [1.29, 1.82) is 0 Å². The summed E-state index contributed by atoms with van der Waals surface area (Å²) >= 11 is 0. The fourth-order valence-corrected chi connectivity index (χ4v) is 1.93. The van der Waals surface area contributed by atoms with Crippen LogP contribution >= 0.6 is 0 Å². The second-order valence-corrected chi connectivity index (χ2v) is 4.70. The molecular formula is C12H14F3N3O. The van der Waals surface area contributed by atoms with Gasteiger partial charge in [0.05, 0.1) is 0 Å². The minimum atomic E-state index is -4.40. The number of aromatic nitrogens is 1. The molecule has 2 rings (SSSR count). The molecule has 1 aromatic rings. The Labute approximate surface area is 108 Å². The maximum atomic E-state index is 12.5. The first-order chi connectivity index (χ1) is 8.76. The van der Waals surface area contributed by atoms with E-state index in [0.717, 1.165) is 4.90 Å². The summed E-state index contributed by atoms with van der Waals surface area (Å²) in [7, 11) is 0. The van der Waals surface area contributed by atoms with E-state index in [4.69, 9.17) is 5.73 Å². The number of hydrogen-bond donors (Lipinski definition) is 1. The zero-order valence-electron chi connectivity index (χ0n) is 10.4. The molecule has 0 spiro atoms. The highest BCUT2D eigenvalue weighted by Crippen LogP contribution is 2.31. The van der Waals surface area contributed by atoms with Crippen LogP contribution in [0.15, 0.2) is 12.1 Å². The summed E-state index contributed by atoms with van der Waals surface area (Å²) in [5.74, 6) is -0.511. The lowest BCUT2D eigenvalue weighted by molar-refractivity contribution is -0.141. The number of nitrogens with zero attached hydrogens (tertiary/aromatic N) is 2. The zero-order valence-corrected chi connectivity index (χ0v) is 10.4. The Morgan fingerprint density at radius 3 is 2.58 bits per heavy atom. The van der Waals surface area contributed by atoms with Gasteiger partial charge in [-0.1, -0.05) is 0 Å². The van der Waals surface area contributed by atoms with Crippen molar-refractivity contribution in [2.24, 2.45) is 0 Å². The summed E-state index contributed by atoms with van der Waals surface area (Å²) in [6.07, 6.45) is -3.17. The molecule has 1 aliphatic carbocycles. The van der Waals surface area contributed by atoms with Crippen LogP contribution in [0.2, 0.25) is 0 Å². The lowest BCUT2D eigenvalue weighted by Gasteiger charge is -2.24. The van der Waals surface area contributed by atoms with Crippen LogP contribution in [0, 0.1) is 6.92 Å². The van der Waals surface area contributed by atoms with Crippen molar-refractivity contribution in [3.05, 3.63) is 23.4 Å². The Morgan fingerprint density at radius 2 is 2.11 bits per heavy atom. The molecule has 1 fully saturated rings. The predicted octanol–water partition coefficient (Wildman–Crippen LogP) is 2.14. The highest BCUT2D eigenvalue weighted by molar-refractivity contribution is 5.95. The molecule has 1 heterocycles. The van der Waals surface area contributed by atoms with Gasteiger partial charge in [0, 0.05) is 17.3 Å². The molecule has 7 heteroatoms. The van der Waals surface area contributed by atoms with Crippen LogP contribution in [-0.4, -0.2) is 34.6 Å². The van der Waals surface area contributed by atoms with E-state index < -0.39 is 18.6 Å². The Bertz CT molecular complexity index is 477. The van der Waals surface area contributed by atoms with E-state index in [1.807, 2.05) is 0 Å².